The second-order valence-corrected chi connectivity index (χ2v) is 7.70. The molecule has 3 aromatic rings. The number of hydrogen-bond acceptors (Lipinski definition) is 9. The summed E-state index contributed by atoms with van der Waals surface area (Å²) in [7, 11) is 1.76. The number of halogens is 1. The van der Waals surface area contributed by atoms with Gasteiger partial charge in [0.1, 0.15) is 0 Å². The molecule has 29 heavy (non-hydrogen) atoms. The molecule has 4 rings (SSSR count). The van der Waals surface area contributed by atoms with Crippen molar-refractivity contribution in [2.24, 2.45) is 12.8 Å². The summed E-state index contributed by atoms with van der Waals surface area (Å²) in [5.41, 5.74) is 7.56. The Morgan fingerprint density at radius 2 is 1.93 bits per heavy atom. The van der Waals surface area contributed by atoms with Gasteiger partial charge in [-0.2, -0.15) is 9.97 Å². The molecule has 0 radical (unpaired) electrons. The number of nitrogens with one attached hydrogen (secondary N) is 2. The van der Waals surface area contributed by atoms with E-state index in [0.717, 1.165) is 25.7 Å². The van der Waals surface area contributed by atoms with Gasteiger partial charge in [0.05, 0.1) is 5.02 Å². The smallest absolute Gasteiger partial charge is 0.227 e. The number of phenolic OH excluding ortho intramolecular Hbond substituents is 2. The van der Waals surface area contributed by atoms with Crippen LogP contribution in [0.15, 0.2) is 12.1 Å². The maximum Gasteiger partial charge on any atom is 0.227 e. The Balaban J connectivity index is 1.59. The van der Waals surface area contributed by atoms with Crippen LogP contribution in [-0.4, -0.2) is 47.3 Å². The van der Waals surface area contributed by atoms with Crippen LogP contribution >= 0.6 is 11.6 Å². The fourth-order valence-corrected chi connectivity index (χ4v) is 3.62. The number of benzene rings is 1. The fourth-order valence-electron chi connectivity index (χ4n) is 3.47. The van der Waals surface area contributed by atoms with Crippen LogP contribution in [0.25, 0.3) is 11.2 Å². The number of nitrogens with two attached hydrogens (primary N) is 1. The molecule has 0 aliphatic heterocycles. The molecule has 1 saturated carbocycles. The van der Waals surface area contributed by atoms with Crippen molar-refractivity contribution in [2.45, 2.75) is 44.3 Å². The summed E-state index contributed by atoms with van der Waals surface area (Å²) in [6.45, 7) is 0.205. The summed E-state index contributed by atoms with van der Waals surface area (Å²) in [6.07, 6.45) is 3.87. The van der Waals surface area contributed by atoms with Gasteiger partial charge in [-0.05, 0) is 31.7 Å². The van der Waals surface area contributed by atoms with Crippen LogP contribution < -0.4 is 16.4 Å². The van der Waals surface area contributed by atoms with E-state index in [4.69, 9.17) is 17.3 Å². The van der Waals surface area contributed by atoms with E-state index in [1.165, 1.54) is 6.07 Å². The van der Waals surface area contributed by atoms with E-state index < -0.39 is 0 Å². The lowest BCUT2D eigenvalue weighted by molar-refractivity contribution is 0.400. The lowest BCUT2D eigenvalue weighted by Gasteiger charge is -2.26. The topological polar surface area (TPSA) is 147 Å². The maximum atomic E-state index is 10.1. The van der Waals surface area contributed by atoms with Crippen LogP contribution in [0.1, 0.15) is 31.2 Å². The number of hydrogen-bond donors (Lipinski definition) is 5. The quantitative estimate of drug-likeness (QED) is 0.393. The average Bonchev–Trinajstić information content (AvgIpc) is 3.08. The second-order valence-electron chi connectivity index (χ2n) is 7.29. The first kappa shape index (κ1) is 19.5. The Morgan fingerprint density at radius 1 is 1.17 bits per heavy atom. The van der Waals surface area contributed by atoms with Crippen molar-refractivity contribution in [3.63, 3.8) is 0 Å². The Kier molecular flexibility index (Phi) is 5.29. The zero-order valence-electron chi connectivity index (χ0n) is 15.9. The molecule has 0 spiro atoms. The zero-order chi connectivity index (χ0) is 20.5. The molecule has 0 saturated heterocycles. The van der Waals surface area contributed by atoms with E-state index in [0.29, 0.717) is 28.5 Å². The number of aromatic nitrogens is 5. The van der Waals surface area contributed by atoms with Crippen LogP contribution in [0, 0.1) is 0 Å². The highest BCUT2D eigenvalue weighted by atomic mass is 35.5. The minimum absolute atomic E-state index is 0.0864. The number of aryl methyl sites for hydroxylation is 1. The van der Waals surface area contributed by atoms with Gasteiger partial charge < -0.3 is 26.6 Å². The van der Waals surface area contributed by atoms with Crippen molar-refractivity contribution in [2.75, 3.05) is 10.6 Å². The highest BCUT2D eigenvalue weighted by Crippen LogP contribution is 2.36. The number of phenols is 2. The van der Waals surface area contributed by atoms with E-state index in [-0.39, 0.29) is 35.2 Å². The molecule has 6 N–H and O–H groups in total. The number of fused-ring (bicyclic) bond motifs is 1. The maximum absolute atomic E-state index is 10.1. The predicted molar refractivity (Wildman–Crippen MR) is 110 cm³/mol. The molecular weight excluding hydrogens is 396 g/mol. The Labute approximate surface area is 172 Å². The van der Waals surface area contributed by atoms with Crippen molar-refractivity contribution < 1.29 is 10.2 Å². The summed E-state index contributed by atoms with van der Waals surface area (Å²) in [5.74, 6) is 0.337. The third kappa shape index (κ3) is 3.99. The number of rotatable bonds is 5. The van der Waals surface area contributed by atoms with Crippen LogP contribution in [-0.2, 0) is 13.6 Å². The Bertz CT molecular complexity index is 1030. The molecular formula is C18H23ClN8O2. The van der Waals surface area contributed by atoms with Crippen molar-refractivity contribution in [1.29, 1.82) is 0 Å². The van der Waals surface area contributed by atoms with Gasteiger partial charge in [0.25, 0.3) is 0 Å². The largest absolute Gasteiger partial charge is 0.504 e. The lowest BCUT2D eigenvalue weighted by atomic mass is 9.92. The number of nitrogens with zero attached hydrogens (tertiary/aromatic N) is 5. The summed E-state index contributed by atoms with van der Waals surface area (Å²) in [4.78, 5) is 9.11. The van der Waals surface area contributed by atoms with Crippen LogP contribution in [0.5, 0.6) is 11.5 Å². The third-order valence-corrected chi connectivity index (χ3v) is 5.49. The molecule has 1 aliphatic carbocycles. The van der Waals surface area contributed by atoms with Crippen LogP contribution in [0.2, 0.25) is 5.02 Å². The molecule has 11 heteroatoms. The summed E-state index contributed by atoms with van der Waals surface area (Å²) >= 11 is 5.82. The summed E-state index contributed by atoms with van der Waals surface area (Å²) in [6, 6.07) is 3.67. The molecule has 154 valence electrons. The Hall–Kier alpha value is -2.85. The van der Waals surface area contributed by atoms with Gasteiger partial charge in [-0.1, -0.05) is 22.9 Å². The standard InChI is InChI=1S/C18H23ClN8O2/c1-27-17-13(25-26-27)16(21-8-9-2-7-12(19)15(29)14(9)28)23-18(24-17)22-11-5-3-10(20)4-6-11/h2,7,10-11,28-29H,3-6,8,20H2,1H3,(H2,21,22,23,24). The van der Waals surface area contributed by atoms with Crippen molar-refractivity contribution in [3.8, 4) is 11.5 Å². The molecule has 0 amide bonds. The summed E-state index contributed by atoms with van der Waals surface area (Å²) < 4.78 is 1.58. The van der Waals surface area contributed by atoms with Gasteiger partial charge in [0.2, 0.25) is 5.95 Å². The molecule has 2 heterocycles. The summed E-state index contributed by atoms with van der Waals surface area (Å²) in [5, 5.41) is 34.7. The first-order chi connectivity index (χ1) is 13.9. The SMILES string of the molecule is Cn1nnc2c(NCc3ccc(Cl)c(O)c3O)nc(NC3CCC(N)CC3)nc21. The van der Waals surface area contributed by atoms with E-state index in [9.17, 15) is 10.2 Å². The van der Waals surface area contributed by atoms with Crippen LogP contribution in [0.4, 0.5) is 11.8 Å². The van der Waals surface area contributed by atoms with Crippen molar-refractivity contribution >= 4 is 34.5 Å². The Morgan fingerprint density at radius 3 is 2.69 bits per heavy atom. The molecule has 2 aromatic heterocycles. The molecule has 1 fully saturated rings. The van der Waals surface area contributed by atoms with Gasteiger partial charge in [0, 0.05) is 31.2 Å². The zero-order valence-corrected chi connectivity index (χ0v) is 16.7. The van der Waals surface area contributed by atoms with Crippen LogP contribution in [0.3, 0.4) is 0 Å². The minimum Gasteiger partial charge on any atom is -0.504 e. The lowest BCUT2D eigenvalue weighted by Crippen LogP contribution is -2.33. The molecule has 0 bridgehead atoms. The van der Waals surface area contributed by atoms with Gasteiger partial charge in [-0.25, -0.2) is 4.68 Å². The predicted octanol–water partition coefficient (Wildman–Crippen LogP) is 2.12. The van der Waals surface area contributed by atoms with Gasteiger partial charge in [-0.3, -0.25) is 0 Å². The molecule has 1 aliphatic rings. The monoisotopic (exact) mass is 418 g/mol. The van der Waals surface area contributed by atoms with Crippen molar-refractivity contribution in [3.05, 3.63) is 22.7 Å². The highest BCUT2D eigenvalue weighted by molar-refractivity contribution is 6.32. The first-order valence-electron chi connectivity index (χ1n) is 9.45. The van der Waals surface area contributed by atoms with Gasteiger partial charge in [0.15, 0.2) is 28.5 Å². The molecule has 0 unspecified atom stereocenters. The van der Waals surface area contributed by atoms with Crippen molar-refractivity contribution in [1.82, 2.24) is 25.0 Å². The minimum atomic E-state index is -0.351. The van der Waals surface area contributed by atoms with Gasteiger partial charge in [-0.15, -0.1) is 5.10 Å². The fraction of sp³-hybridized carbons (Fsp3) is 0.444. The molecule has 1 aromatic carbocycles. The second kappa shape index (κ2) is 7.88. The van der Waals surface area contributed by atoms with Gasteiger partial charge >= 0.3 is 0 Å². The molecule has 0 atom stereocenters. The first-order valence-corrected chi connectivity index (χ1v) is 9.83. The number of aromatic hydroxyl groups is 2. The number of anilines is 2. The average molecular weight is 419 g/mol. The van der Waals surface area contributed by atoms with E-state index in [2.05, 4.69) is 30.9 Å². The normalized spacial score (nSPS) is 19.4. The third-order valence-electron chi connectivity index (χ3n) is 5.19. The van der Waals surface area contributed by atoms with E-state index >= 15 is 0 Å². The van der Waals surface area contributed by atoms with E-state index in [1.807, 2.05) is 0 Å². The van der Waals surface area contributed by atoms with E-state index in [1.54, 1.807) is 17.8 Å². The molecule has 10 nitrogen and oxygen atoms in total. The highest BCUT2D eigenvalue weighted by Gasteiger charge is 2.21.